The van der Waals surface area contributed by atoms with Gasteiger partial charge in [0.15, 0.2) is 0 Å². The van der Waals surface area contributed by atoms with E-state index in [1.54, 1.807) is 24.3 Å². The van der Waals surface area contributed by atoms with Crippen LogP contribution in [-0.4, -0.2) is 31.5 Å². The van der Waals surface area contributed by atoms with Gasteiger partial charge in [0.1, 0.15) is 11.5 Å². The average Bonchev–Trinajstić information content (AvgIpc) is 3.70. The minimum absolute atomic E-state index is 0.115. The maximum atomic E-state index is 13.5. The first-order valence-corrected chi connectivity index (χ1v) is 13.0. The fraction of sp³-hybridized carbons (Fsp3) is 0.0938. The van der Waals surface area contributed by atoms with E-state index in [2.05, 4.69) is 20.4 Å². The number of H-pyrrole nitrogens is 4. The van der Waals surface area contributed by atoms with Gasteiger partial charge in [-0.05, 0) is 49.2 Å². The highest BCUT2D eigenvalue weighted by atomic mass is 16.4. The summed E-state index contributed by atoms with van der Waals surface area (Å²) in [6.07, 6.45) is 0. The molecule has 9 nitrogen and oxygen atoms in total. The van der Waals surface area contributed by atoms with Gasteiger partial charge in [-0.2, -0.15) is 0 Å². The first kappa shape index (κ1) is 25.7. The van der Waals surface area contributed by atoms with Crippen LogP contribution in [0.1, 0.15) is 44.3 Å². The summed E-state index contributed by atoms with van der Waals surface area (Å²) >= 11 is 0. The number of carbonyl (C=O) groups is 1. The Morgan fingerprint density at radius 3 is 1.73 bits per heavy atom. The molecule has 3 heterocycles. The highest BCUT2D eigenvalue weighted by Gasteiger charge is 2.33. The summed E-state index contributed by atoms with van der Waals surface area (Å²) in [5.41, 5.74) is 5.21. The molecule has 0 fully saturated rings. The van der Waals surface area contributed by atoms with Gasteiger partial charge in [0.25, 0.3) is 11.1 Å². The maximum absolute atomic E-state index is 13.5. The summed E-state index contributed by atoms with van der Waals surface area (Å²) in [6.45, 7) is 3.95. The molecule has 0 bridgehead atoms. The number of rotatable bonds is 7. The van der Waals surface area contributed by atoms with E-state index in [9.17, 15) is 19.5 Å². The number of aromatic amines is 4. The van der Waals surface area contributed by atoms with Gasteiger partial charge >= 0.3 is 5.97 Å². The van der Waals surface area contributed by atoms with Gasteiger partial charge in [0.05, 0.1) is 34.0 Å². The van der Waals surface area contributed by atoms with Crippen molar-refractivity contribution in [3.8, 4) is 33.8 Å². The van der Waals surface area contributed by atoms with Crippen LogP contribution in [0.5, 0.6) is 0 Å². The van der Waals surface area contributed by atoms with Crippen molar-refractivity contribution in [1.29, 1.82) is 0 Å². The Kier molecular flexibility index (Phi) is 6.39. The molecule has 41 heavy (non-hydrogen) atoms. The van der Waals surface area contributed by atoms with Crippen LogP contribution in [0.25, 0.3) is 33.8 Å². The van der Waals surface area contributed by atoms with Crippen LogP contribution in [0, 0.1) is 13.8 Å². The molecule has 3 aromatic heterocycles. The van der Waals surface area contributed by atoms with Gasteiger partial charge in [-0.25, -0.2) is 4.79 Å². The SMILES string of the molecule is Cc1ccc(-c2[nH][nH]c(=O)c2C(c2ccc(-c3cccc(C(=O)O)c3)o2)c2c(-c3ccc(C)cc3)[nH][nH]c2=O)cc1. The number of hydrogen-bond donors (Lipinski definition) is 5. The van der Waals surface area contributed by atoms with E-state index < -0.39 is 23.0 Å². The van der Waals surface area contributed by atoms with Crippen molar-refractivity contribution in [1.82, 2.24) is 20.4 Å². The predicted molar refractivity (Wildman–Crippen MR) is 155 cm³/mol. The molecule has 5 N–H and O–H groups in total. The molecule has 0 unspecified atom stereocenters. The molecule has 204 valence electrons. The van der Waals surface area contributed by atoms with Crippen molar-refractivity contribution in [3.05, 3.63) is 139 Å². The molecule has 0 atom stereocenters. The lowest BCUT2D eigenvalue weighted by Crippen LogP contribution is -2.19. The van der Waals surface area contributed by atoms with E-state index in [0.29, 0.717) is 39.6 Å². The second-order valence-corrected chi connectivity index (χ2v) is 9.99. The Labute approximate surface area is 233 Å². The third kappa shape index (κ3) is 4.74. The van der Waals surface area contributed by atoms with Gasteiger partial charge < -0.3 is 9.52 Å². The third-order valence-electron chi connectivity index (χ3n) is 7.19. The number of hydrogen-bond acceptors (Lipinski definition) is 4. The van der Waals surface area contributed by atoms with Crippen molar-refractivity contribution in [2.75, 3.05) is 0 Å². The van der Waals surface area contributed by atoms with Crippen molar-refractivity contribution in [3.63, 3.8) is 0 Å². The summed E-state index contributed by atoms with van der Waals surface area (Å²) in [7, 11) is 0. The summed E-state index contributed by atoms with van der Waals surface area (Å²) in [4.78, 5) is 38.5. The number of carboxylic acid groups (broad SMARTS) is 1. The number of benzene rings is 3. The van der Waals surface area contributed by atoms with Crippen molar-refractivity contribution < 1.29 is 14.3 Å². The zero-order valence-electron chi connectivity index (χ0n) is 22.2. The fourth-order valence-corrected chi connectivity index (χ4v) is 5.08. The molecule has 0 aliphatic carbocycles. The molecular weight excluding hydrogens is 520 g/mol. The van der Waals surface area contributed by atoms with Crippen LogP contribution >= 0.6 is 0 Å². The first-order valence-electron chi connectivity index (χ1n) is 13.0. The van der Waals surface area contributed by atoms with Gasteiger partial charge in [-0.15, -0.1) is 0 Å². The molecule has 0 radical (unpaired) electrons. The molecule has 3 aromatic carbocycles. The standard InChI is InChI=1S/C32H26N4O5/c1-17-6-10-19(11-7-17)28-26(30(37)35-33-28)25(27-29(34-36-31(27)38)20-12-8-18(2)9-13-20)24-15-14-23(41-24)21-4-3-5-22(16-21)32(39)40/h3-16,25H,1-2H3,(H,39,40)(H2,33,35,37)(H2,34,36,38). The van der Waals surface area contributed by atoms with E-state index in [-0.39, 0.29) is 5.56 Å². The van der Waals surface area contributed by atoms with Crippen molar-refractivity contribution in [2.24, 2.45) is 0 Å². The number of aromatic carboxylic acids is 1. The molecule has 0 saturated carbocycles. The maximum Gasteiger partial charge on any atom is 0.335 e. The molecule has 6 aromatic rings. The van der Waals surface area contributed by atoms with Crippen LogP contribution in [-0.2, 0) is 0 Å². The highest BCUT2D eigenvalue weighted by Crippen LogP contribution is 2.39. The van der Waals surface area contributed by atoms with Gasteiger partial charge in [-0.1, -0.05) is 71.8 Å². The van der Waals surface area contributed by atoms with Gasteiger partial charge in [-0.3, -0.25) is 30.0 Å². The van der Waals surface area contributed by atoms with Crippen LogP contribution in [0.3, 0.4) is 0 Å². The predicted octanol–water partition coefficient (Wildman–Crippen LogP) is 5.81. The largest absolute Gasteiger partial charge is 0.478 e. The van der Waals surface area contributed by atoms with E-state index in [0.717, 1.165) is 22.3 Å². The lowest BCUT2D eigenvalue weighted by molar-refractivity contribution is 0.0697. The summed E-state index contributed by atoms with van der Waals surface area (Å²) in [5, 5.41) is 20.9. The molecule has 0 aliphatic heterocycles. The zero-order valence-corrected chi connectivity index (χ0v) is 22.2. The zero-order chi connectivity index (χ0) is 28.7. The molecule has 0 amide bonds. The Bertz CT molecular complexity index is 1890. The molecule has 6 rings (SSSR count). The van der Waals surface area contributed by atoms with Gasteiger partial charge in [0.2, 0.25) is 0 Å². The quantitative estimate of drug-likeness (QED) is 0.171. The van der Waals surface area contributed by atoms with Crippen LogP contribution in [0.15, 0.2) is 98.9 Å². The van der Waals surface area contributed by atoms with E-state index in [1.165, 1.54) is 12.1 Å². The molecular formula is C32H26N4O5. The van der Waals surface area contributed by atoms with Crippen molar-refractivity contribution >= 4 is 5.97 Å². The Hall–Kier alpha value is -5.57. The van der Waals surface area contributed by atoms with E-state index in [4.69, 9.17) is 4.42 Å². The summed E-state index contributed by atoms with van der Waals surface area (Å²) in [6, 6.07) is 25.2. The monoisotopic (exact) mass is 546 g/mol. The third-order valence-corrected chi connectivity index (χ3v) is 7.19. The number of furan rings is 1. The Morgan fingerprint density at radius 2 is 1.22 bits per heavy atom. The minimum atomic E-state index is -1.06. The second kappa shape index (κ2) is 10.2. The summed E-state index contributed by atoms with van der Waals surface area (Å²) < 4.78 is 6.32. The van der Waals surface area contributed by atoms with Crippen LogP contribution < -0.4 is 11.1 Å². The number of aryl methyl sites for hydroxylation is 2. The second-order valence-electron chi connectivity index (χ2n) is 9.99. The van der Waals surface area contributed by atoms with Crippen LogP contribution in [0.4, 0.5) is 0 Å². The van der Waals surface area contributed by atoms with Crippen LogP contribution in [0.2, 0.25) is 0 Å². The Morgan fingerprint density at radius 1 is 0.683 bits per heavy atom. The van der Waals surface area contributed by atoms with Crippen molar-refractivity contribution in [2.45, 2.75) is 19.8 Å². The first-order chi connectivity index (χ1) is 19.8. The smallest absolute Gasteiger partial charge is 0.335 e. The minimum Gasteiger partial charge on any atom is -0.478 e. The Balaban J connectivity index is 1.58. The highest BCUT2D eigenvalue weighted by molar-refractivity contribution is 5.89. The average molecular weight is 547 g/mol. The molecule has 0 saturated heterocycles. The topological polar surface area (TPSA) is 148 Å². The molecule has 9 heteroatoms. The van der Waals surface area contributed by atoms with Gasteiger partial charge in [0, 0.05) is 5.56 Å². The fourth-order valence-electron chi connectivity index (χ4n) is 5.08. The number of carboxylic acids is 1. The lowest BCUT2D eigenvalue weighted by atomic mass is 9.86. The van der Waals surface area contributed by atoms with E-state index in [1.807, 2.05) is 62.4 Å². The normalized spacial score (nSPS) is 11.3. The summed E-state index contributed by atoms with van der Waals surface area (Å²) in [5.74, 6) is -1.22. The van der Waals surface area contributed by atoms with E-state index >= 15 is 0 Å². The molecule has 0 spiro atoms. The number of aromatic nitrogens is 4. The molecule has 0 aliphatic rings. The number of nitrogens with one attached hydrogen (secondary N) is 4. The lowest BCUT2D eigenvalue weighted by Gasteiger charge is -2.15.